The van der Waals surface area contributed by atoms with Crippen LogP contribution in [-0.4, -0.2) is 13.0 Å². The van der Waals surface area contributed by atoms with E-state index in [-0.39, 0.29) is 11.7 Å². The van der Waals surface area contributed by atoms with Crippen LogP contribution in [0, 0.1) is 12.7 Å². The smallest absolute Gasteiger partial charge is 0.221 e. The van der Waals surface area contributed by atoms with E-state index < -0.39 is 0 Å². The fourth-order valence-electron chi connectivity index (χ4n) is 3.11. The zero-order valence-electron chi connectivity index (χ0n) is 15.7. The Hall–Kier alpha value is -3.14. The van der Waals surface area contributed by atoms with E-state index >= 15 is 4.39 Å². The second-order valence-electron chi connectivity index (χ2n) is 6.54. The van der Waals surface area contributed by atoms with E-state index in [1.165, 1.54) is 6.92 Å². The molecule has 3 aromatic rings. The van der Waals surface area contributed by atoms with Gasteiger partial charge in [0.1, 0.15) is 11.6 Å². The zero-order valence-corrected chi connectivity index (χ0v) is 15.7. The summed E-state index contributed by atoms with van der Waals surface area (Å²) < 4.78 is 20.7. The highest BCUT2D eigenvalue weighted by Gasteiger charge is 2.16. The molecule has 0 spiro atoms. The number of hydrogen-bond acceptors (Lipinski definition) is 2. The molecule has 3 rings (SSSR count). The molecular formula is C23H22FNO2. The van der Waals surface area contributed by atoms with Crippen LogP contribution in [0.3, 0.4) is 0 Å². The van der Waals surface area contributed by atoms with Crippen molar-refractivity contribution in [3.05, 3.63) is 83.2 Å². The van der Waals surface area contributed by atoms with Gasteiger partial charge >= 0.3 is 0 Å². The molecule has 1 N–H and O–H groups in total. The molecule has 0 aliphatic rings. The first-order chi connectivity index (χ1) is 13.0. The van der Waals surface area contributed by atoms with E-state index in [0.29, 0.717) is 23.3 Å². The highest BCUT2D eigenvalue weighted by atomic mass is 19.1. The largest absolute Gasteiger partial charge is 0.496 e. The van der Waals surface area contributed by atoms with Crippen LogP contribution in [0.5, 0.6) is 5.75 Å². The van der Waals surface area contributed by atoms with Gasteiger partial charge in [0.25, 0.3) is 0 Å². The van der Waals surface area contributed by atoms with Crippen LogP contribution >= 0.6 is 0 Å². The molecule has 27 heavy (non-hydrogen) atoms. The van der Waals surface area contributed by atoms with Crippen molar-refractivity contribution in [2.45, 2.75) is 20.3 Å². The molecule has 0 atom stereocenters. The molecule has 138 valence electrons. The van der Waals surface area contributed by atoms with E-state index in [2.05, 4.69) is 5.32 Å². The Morgan fingerprint density at radius 2 is 1.81 bits per heavy atom. The van der Waals surface area contributed by atoms with Gasteiger partial charge in [-0.15, -0.1) is 0 Å². The third kappa shape index (κ3) is 4.34. The molecule has 0 radical (unpaired) electrons. The van der Waals surface area contributed by atoms with Gasteiger partial charge in [0.2, 0.25) is 5.91 Å². The first-order valence-electron chi connectivity index (χ1n) is 8.77. The van der Waals surface area contributed by atoms with Crippen molar-refractivity contribution in [3.63, 3.8) is 0 Å². The minimum absolute atomic E-state index is 0.119. The van der Waals surface area contributed by atoms with E-state index in [1.807, 2.05) is 61.5 Å². The summed E-state index contributed by atoms with van der Waals surface area (Å²) in [5.41, 5.74) is 4.62. The van der Waals surface area contributed by atoms with Crippen LogP contribution in [0.25, 0.3) is 11.1 Å². The summed E-state index contributed by atoms with van der Waals surface area (Å²) in [6.07, 6.45) is 0.453. The lowest BCUT2D eigenvalue weighted by molar-refractivity contribution is -0.114. The number of methoxy groups -OCH3 is 1. The number of nitrogens with one attached hydrogen (secondary N) is 1. The Balaban J connectivity index is 1.95. The van der Waals surface area contributed by atoms with E-state index in [9.17, 15) is 4.79 Å². The summed E-state index contributed by atoms with van der Waals surface area (Å²) in [5, 5.41) is 2.73. The topological polar surface area (TPSA) is 38.3 Å². The van der Waals surface area contributed by atoms with Crippen molar-refractivity contribution in [1.29, 1.82) is 0 Å². The SMILES string of the molecule is COc1ccc(Cc2ccc(NC(C)=O)cc2)c(F)c1-c1cccc(C)c1. The third-order valence-electron chi connectivity index (χ3n) is 4.38. The minimum Gasteiger partial charge on any atom is -0.496 e. The molecular weight excluding hydrogens is 341 g/mol. The number of ether oxygens (including phenoxy) is 1. The summed E-state index contributed by atoms with van der Waals surface area (Å²) >= 11 is 0. The molecule has 0 aliphatic heterocycles. The Kier molecular flexibility index (Phi) is 5.55. The third-order valence-corrected chi connectivity index (χ3v) is 4.38. The summed E-state index contributed by atoms with van der Waals surface area (Å²) in [4.78, 5) is 11.1. The van der Waals surface area contributed by atoms with E-state index in [1.54, 1.807) is 13.2 Å². The summed E-state index contributed by atoms with van der Waals surface area (Å²) in [5.74, 6) is 0.125. The van der Waals surface area contributed by atoms with Gasteiger partial charge in [0.05, 0.1) is 12.7 Å². The highest BCUT2D eigenvalue weighted by molar-refractivity contribution is 5.88. The maximum atomic E-state index is 15.3. The number of hydrogen-bond donors (Lipinski definition) is 1. The predicted molar refractivity (Wildman–Crippen MR) is 107 cm³/mol. The standard InChI is InChI=1S/C23H22FNO2/c1-15-5-4-6-18(13-15)22-21(27-3)12-9-19(23(22)24)14-17-7-10-20(11-8-17)25-16(2)26/h4-13H,14H2,1-3H3,(H,25,26). The lowest BCUT2D eigenvalue weighted by atomic mass is 9.96. The van der Waals surface area contributed by atoms with E-state index in [4.69, 9.17) is 4.74 Å². The van der Waals surface area contributed by atoms with Crippen LogP contribution in [0.2, 0.25) is 0 Å². The lowest BCUT2D eigenvalue weighted by Gasteiger charge is -2.14. The molecule has 0 bridgehead atoms. The van der Waals surface area contributed by atoms with Crippen molar-refractivity contribution >= 4 is 11.6 Å². The van der Waals surface area contributed by atoms with Gasteiger partial charge in [-0.2, -0.15) is 0 Å². The predicted octanol–water partition coefficient (Wildman–Crippen LogP) is 5.36. The van der Waals surface area contributed by atoms with Crippen LogP contribution in [0.4, 0.5) is 10.1 Å². The van der Waals surface area contributed by atoms with Crippen LogP contribution in [0.1, 0.15) is 23.6 Å². The summed E-state index contributed by atoms with van der Waals surface area (Å²) in [6, 6.07) is 18.7. The molecule has 4 heteroatoms. The lowest BCUT2D eigenvalue weighted by Crippen LogP contribution is -2.05. The first kappa shape index (κ1) is 18.6. The van der Waals surface area contributed by atoms with Crippen molar-refractivity contribution in [1.82, 2.24) is 0 Å². The van der Waals surface area contributed by atoms with Gasteiger partial charge in [-0.3, -0.25) is 4.79 Å². The Morgan fingerprint density at radius 3 is 2.44 bits per heavy atom. The minimum atomic E-state index is -0.272. The van der Waals surface area contributed by atoms with Gasteiger partial charge in [0, 0.05) is 19.0 Å². The molecule has 0 aromatic heterocycles. The number of benzene rings is 3. The van der Waals surface area contributed by atoms with Gasteiger partial charge in [-0.1, -0.05) is 48.0 Å². The molecule has 0 saturated heterocycles. The molecule has 0 unspecified atom stereocenters. The zero-order chi connectivity index (χ0) is 19.4. The summed E-state index contributed by atoms with van der Waals surface area (Å²) in [6.45, 7) is 3.45. The van der Waals surface area contributed by atoms with Gasteiger partial charge in [0.15, 0.2) is 0 Å². The number of anilines is 1. The van der Waals surface area contributed by atoms with Crippen LogP contribution in [0.15, 0.2) is 60.7 Å². The number of rotatable bonds is 5. The normalized spacial score (nSPS) is 10.5. The highest BCUT2D eigenvalue weighted by Crippen LogP contribution is 2.35. The monoisotopic (exact) mass is 363 g/mol. The maximum absolute atomic E-state index is 15.3. The molecule has 1 amide bonds. The van der Waals surface area contributed by atoms with Crippen molar-refractivity contribution in [3.8, 4) is 16.9 Å². The molecule has 0 aliphatic carbocycles. The fourth-order valence-corrected chi connectivity index (χ4v) is 3.11. The van der Waals surface area contributed by atoms with Crippen LogP contribution < -0.4 is 10.1 Å². The first-order valence-corrected chi connectivity index (χ1v) is 8.77. The average molecular weight is 363 g/mol. The van der Waals surface area contributed by atoms with Crippen molar-refractivity contribution in [2.24, 2.45) is 0 Å². The summed E-state index contributed by atoms with van der Waals surface area (Å²) in [7, 11) is 1.55. The average Bonchev–Trinajstić information content (AvgIpc) is 2.64. The number of halogens is 1. The molecule has 3 aromatic carbocycles. The van der Waals surface area contributed by atoms with Gasteiger partial charge in [-0.05, 0) is 41.8 Å². The molecule has 0 saturated carbocycles. The number of carbonyl (C=O) groups is 1. The maximum Gasteiger partial charge on any atom is 0.221 e. The number of amides is 1. The quantitative estimate of drug-likeness (QED) is 0.663. The van der Waals surface area contributed by atoms with Crippen molar-refractivity contribution in [2.75, 3.05) is 12.4 Å². The Bertz CT molecular complexity index is 965. The number of aryl methyl sites for hydroxylation is 1. The Labute approximate surface area is 158 Å². The second-order valence-corrected chi connectivity index (χ2v) is 6.54. The second kappa shape index (κ2) is 8.04. The van der Waals surface area contributed by atoms with Crippen LogP contribution in [-0.2, 0) is 11.2 Å². The van der Waals surface area contributed by atoms with Crippen molar-refractivity contribution < 1.29 is 13.9 Å². The van der Waals surface area contributed by atoms with Gasteiger partial charge in [-0.25, -0.2) is 4.39 Å². The fraction of sp³-hybridized carbons (Fsp3) is 0.174. The molecule has 0 fully saturated rings. The van der Waals surface area contributed by atoms with Gasteiger partial charge < -0.3 is 10.1 Å². The Morgan fingerprint density at radius 1 is 1.07 bits per heavy atom. The molecule has 3 nitrogen and oxygen atoms in total. The number of carbonyl (C=O) groups excluding carboxylic acids is 1. The molecule has 0 heterocycles. The van der Waals surface area contributed by atoms with E-state index in [0.717, 1.165) is 22.4 Å².